The number of aliphatic imine (C=N–C) groups is 1. The van der Waals surface area contributed by atoms with E-state index < -0.39 is 5.82 Å². The molecule has 2 N–H and O–H groups in total. The maximum absolute atomic E-state index is 13.0. The van der Waals surface area contributed by atoms with Crippen molar-refractivity contribution in [3.05, 3.63) is 29.0 Å². The lowest BCUT2D eigenvalue weighted by Crippen LogP contribution is -2.20. The predicted molar refractivity (Wildman–Crippen MR) is 67.5 cm³/mol. The molecule has 0 amide bonds. The maximum atomic E-state index is 13.0. The minimum atomic E-state index is -0.460. The lowest BCUT2D eigenvalue weighted by atomic mass is 10.1. The van der Waals surface area contributed by atoms with Crippen LogP contribution in [0.15, 0.2) is 23.2 Å². The molecule has 6 heteroatoms. The first-order valence-electron chi connectivity index (χ1n) is 5.62. The molecule has 0 spiro atoms. The average Bonchev–Trinajstić information content (AvgIpc) is 2.69. The highest BCUT2D eigenvalue weighted by molar-refractivity contribution is 6.30. The van der Waals surface area contributed by atoms with Gasteiger partial charge in [-0.05, 0) is 19.1 Å². The Balaban J connectivity index is 1.90. The molecule has 98 valence electrons. The number of hydrogen-bond donors (Lipinski definition) is 1. The zero-order valence-electron chi connectivity index (χ0n) is 9.90. The summed E-state index contributed by atoms with van der Waals surface area (Å²) in [4.78, 5) is 4.11. The van der Waals surface area contributed by atoms with E-state index in [1.165, 1.54) is 12.1 Å². The van der Waals surface area contributed by atoms with Crippen molar-refractivity contribution >= 4 is 17.6 Å². The maximum Gasteiger partial charge on any atom is 0.282 e. The van der Waals surface area contributed by atoms with Gasteiger partial charge in [0.2, 0.25) is 0 Å². The fourth-order valence-corrected chi connectivity index (χ4v) is 1.94. The topological polar surface area (TPSA) is 56.8 Å². The molecule has 0 radical (unpaired) electrons. The molecular formula is C12H14ClFN2O2. The van der Waals surface area contributed by atoms with E-state index in [4.69, 9.17) is 26.8 Å². The van der Waals surface area contributed by atoms with E-state index in [2.05, 4.69) is 4.99 Å². The van der Waals surface area contributed by atoms with Crippen LogP contribution in [0.3, 0.4) is 0 Å². The third-order valence-corrected chi connectivity index (χ3v) is 2.86. The van der Waals surface area contributed by atoms with Gasteiger partial charge in [0, 0.05) is 12.5 Å². The summed E-state index contributed by atoms with van der Waals surface area (Å²) in [5.41, 5.74) is 5.42. The molecule has 4 nitrogen and oxygen atoms in total. The Bertz CT molecular complexity index is 467. The molecule has 18 heavy (non-hydrogen) atoms. The molecule has 0 aromatic heterocycles. The van der Waals surface area contributed by atoms with E-state index in [9.17, 15) is 4.39 Å². The molecule has 0 bridgehead atoms. The molecule has 1 aromatic rings. The van der Waals surface area contributed by atoms with Crippen molar-refractivity contribution in [1.82, 2.24) is 0 Å². The number of halogens is 2. The zero-order chi connectivity index (χ0) is 13.1. The molecule has 1 aliphatic rings. The Kier molecular flexibility index (Phi) is 3.91. The standard InChI is InChI=1S/C12H14ClFN2O2/c1-7(4-8-6-17-12(15)16-8)18-9-2-3-11(14)10(13)5-9/h2-3,5,7-8H,4,6H2,1H3,(H2,15,16)/t7-,8+/m1/s1. The van der Waals surface area contributed by atoms with Gasteiger partial charge in [-0.3, -0.25) is 0 Å². The summed E-state index contributed by atoms with van der Waals surface area (Å²) in [6, 6.07) is 4.50. The van der Waals surface area contributed by atoms with Crippen LogP contribution in [0.4, 0.5) is 4.39 Å². The Morgan fingerprint density at radius 2 is 2.44 bits per heavy atom. The fourth-order valence-electron chi connectivity index (χ4n) is 1.77. The van der Waals surface area contributed by atoms with Gasteiger partial charge < -0.3 is 15.2 Å². The van der Waals surface area contributed by atoms with E-state index in [1.54, 1.807) is 6.07 Å². The van der Waals surface area contributed by atoms with E-state index in [0.717, 1.165) is 0 Å². The number of hydrogen-bond acceptors (Lipinski definition) is 4. The summed E-state index contributed by atoms with van der Waals surface area (Å²) in [5, 5.41) is 0.0474. The third-order valence-electron chi connectivity index (χ3n) is 2.57. The van der Waals surface area contributed by atoms with Crippen molar-refractivity contribution in [3.63, 3.8) is 0 Å². The zero-order valence-corrected chi connectivity index (χ0v) is 10.7. The lowest BCUT2D eigenvalue weighted by molar-refractivity contribution is 0.189. The van der Waals surface area contributed by atoms with Crippen LogP contribution < -0.4 is 10.5 Å². The average molecular weight is 273 g/mol. The van der Waals surface area contributed by atoms with Crippen LogP contribution in [0.1, 0.15) is 13.3 Å². The molecule has 1 aromatic carbocycles. The molecular weight excluding hydrogens is 259 g/mol. The van der Waals surface area contributed by atoms with Crippen LogP contribution in [0, 0.1) is 5.82 Å². The Morgan fingerprint density at radius 3 is 3.06 bits per heavy atom. The van der Waals surface area contributed by atoms with Crippen LogP contribution in [-0.4, -0.2) is 24.8 Å². The second-order valence-corrected chi connectivity index (χ2v) is 4.58. The van der Waals surface area contributed by atoms with Gasteiger partial charge in [0.1, 0.15) is 18.2 Å². The molecule has 0 fully saturated rings. The minimum absolute atomic E-state index is 0.0101. The van der Waals surface area contributed by atoms with Gasteiger partial charge in [0.15, 0.2) is 0 Å². The van der Waals surface area contributed by atoms with Crippen LogP contribution in [0.25, 0.3) is 0 Å². The summed E-state index contributed by atoms with van der Waals surface area (Å²) < 4.78 is 23.7. The normalized spacial score (nSPS) is 20.2. The smallest absolute Gasteiger partial charge is 0.282 e. The second kappa shape index (κ2) is 5.44. The molecule has 2 atom stereocenters. The van der Waals surface area contributed by atoms with E-state index in [0.29, 0.717) is 18.8 Å². The summed E-state index contributed by atoms with van der Waals surface area (Å²) >= 11 is 5.67. The number of benzene rings is 1. The Morgan fingerprint density at radius 1 is 1.67 bits per heavy atom. The SMILES string of the molecule is C[C@H](C[C@H]1COC(N)=N1)Oc1ccc(F)c(Cl)c1. The van der Waals surface area contributed by atoms with Crippen LogP contribution >= 0.6 is 11.6 Å². The number of nitrogens with zero attached hydrogens (tertiary/aromatic N) is 1. The van der Waals surface area contributed by atoms with Gasteiger partial charge in [-0.15, -0.1) is 0 Å². The molecule has 1 aliphatic heterocycles. The molecule has 0 saturated carbocycles. The van der Waals surface area contributed by atoms with Gasteiger partial charge >= 0.3 is 0 Å². The summed E-state index contributed by atoms with van der Waals surface area (Å²) in [6.45, 7) is 2.38. The molecule has 0 aliphatic carbocycles. The van der Waals surface area contributed by atoms with Crippen molar-refractivity contribution in [3.8, 4) is 5.75 Å². The van der Waals surface area contributed by atoms with Gasteiger partial charge in [-0.2, -0.15) is 0 Å². The predicted octanol–water partition coefficient (Wildman–Crippen LogP) is 2.35. The molecule has 2 rings (SSSR count). The van der Waals surface area contributed by atoms with E-state index in [1.807, 2.05) is 6.92 Å². The highest BCUT2D eigenvalue weighted by Gasteiger charge is 2.20. The highest BCUT2D eigenvalue weighted by atomic mass is 35.5. The lowest BCUT2D eigenvalue weighted by Gasteiger charge is -2.16. The van der Waals surface area contributed by atoms with Crippen molar-refractivity contribution in [1.29, 1.82) is 0 Å². The van der Waals surface area contributed by atoms with Crippen LogP contribution in [-0.2, 0) is 4.74 Å². The van der Waals surface area contributed by atoms with Crippen molar-refractivity contribution in [2.75, 3.05) is 6.61 Å². The second-order valence-electron chi connectivity index (χ2n) is 4.17. The van der Waals surface area contributed by atoms with Gasteiger partial charge in [-0.1, -0.05) is 11.6 Å². The quantitative estimate of drug-likeness (QED) is 0.915. The monoisotopic (exact) mass is 272 g/mol. The largest absolute Gasteiger partial charge is 0.491 e. The van der Waals surface area contributed by atoms with E-state index >= 15 is 0 Å². The van der Waals surface area contributed by atoms with Gasteiger partial charge in [0.05, 0.1) is 17.2 Å². The molecule has 1 heterocycles. The first kappa shape index (κ1) is 13.0. The summed E-state index contributed by atoms with van der Waals surface area (Å²) in [7, 11) is 0. The van der Waals surface area contributed by atoms with Crippen molar-refractivity contribution in [2.24, 2.45) is 10.7 Å². The first-order chi connectivity index (χ1) is 8.54. The van der Waals surface area contributed by atoms with Crippen molar-refractivity contribution < 1.29 is 13.9 Å². The van der Waals surface area contributed by atoms with Crippen molar-refractivity contribution in [2.45, 2.75) is 25.5 Å². The first-order valence-corrected chi connectivity index (χ1v) is 6.00. The van der Waals surface area contributed by atoms with Crippen LogP contribution in [0.5, 0.6) is 5.75 Å². The number of amidine groups is 1. The summed E-state index contributed by atoms with van der Waals surface area (Å²) in [5.74, 6) is 0.0722. The number of nitrogens with two attached hydrogens (primary N) is 1. The van der Waals surface area contributed by atoms with Gasteiger partial charge in [0.25, 0.3) is 6.02 Å². The molecule has 0 unspecified atom stereocenters. The Hall–Kier alpha value is -1.49. The number of ether oxygens (including phenoxy) is 2. The minimum Gasteiger partial charge on any atom is -0.491 e. The van der Waals surface area contributed by atoms with E-state index in [-0.39, 0.29) is 23.2 Å². The Labute approximate surface area is 110 Å². The van der Waals surface area contributed by atoms with Gasteiger partial charge in [-0.25, -0.2) is 9.38 Å². The third kappa shape index (κ3) is 3.26. The number of rotatable bonds is 4. The molecule has 0 saturated heterocycles. The summed E-state index contributed by atoms with van der Waals surface area (Å²) in [6.07, 6.45) is 0.588. The highest BCUT2D eigenvalue weighted by Crippen LogP contribution is 2.23. The fraction of sp³-hybridized carbons (Fsp3) is 0.417. The van der Waals surface area contributed by atoms with Crippen LogP contribution in [0.2, 0.25) is 5.02 Å².